The average molecular weight is 413 g/mol. The fourth-order valence-electron chi connectivity index (χ4n) is 2.82. The van der Waals surface area contributed by atoms with Gasteiger partial charge in [0.1, 0.15) is 5.60 Å². The number of urea groups is 1. The van der Waals surface area contributed by atoms with Gasteiger partial charge in [0.15, 0.2) is 5.96 Å². The van der Waals surface area contributed by atoms with Gasteiger partial charge in [0.05, 0.1) is 6.54 Å². The second kappa shape index (κ2) is 10.9. The van der Waals surface area contributed by atoms with E-state index in [2.05, 4.69) is 20.9 Å². The standard InChI is InChI=1S/C19H36N6O4/c1-13(2)14(23-18(28)29-19(3,4)5)8-10-24(7)16(20-6)21-9-11-25-15(26)12-22-17(25)27/h13-14H,8-12H2,1-7H3,(H,20,21)(H,22,27)(H,23,28). The van der Waals surface area contributed by atoms with Crippen molar-refractivity contribution in [2.24, 2.45) is 10.9 Å². The largest absolute Gasteiger partial charge is 0.444 e. The van der Waals surface area contributed by atoms with Gasteiger partial charge in [-0.25, -0.2) is 9.59 Å². The number of carbonyl (C=O) groups excluding carboxylic acids is 3. The predicted octanol–water partition coefficient (Wildman–Crippen LogP) is 0.985. The smallest absolute Gasteiger partial charge is 0.407 e. The number of hydrogen-bond donors (Lipinski definition) is 3. The number of rotatable bonds is 8. The molecule has 0 aromatic rings. The highest BCUT2D eigenvalue weighted by Crippen LogP contribution is 2.11. The first-order chi connectivity index (χ1) is 13.4. The van der Waals surface area contributed by atoms with E-state index >= 15 is 0 Å². The van der Waals surface area contributed by atoms with Gasteiger partial charge in [-0.1, -0.05) is 13.8 Å². The molecule has 1 rings (SSSR count). The van der Waals surface area contributed by atoms with Crippen LogP contribution in [0.1, 0.15) is 41.0 Å². The maximum absolute atomic E-state index is 12.1. The maximum atomic E-state index is 12.1. The molecule has 1 fully saturated rings. The van der Waals surface area contributed by atoms with Gasteiger partial charge in [-0.05, 0) is 33.1 Å². The fraction of sp³-hybridized carbons (Fsp3) is 0.789. The van der Waals surface area contributed by atoms with E-state index in [4.69, 9.17) is 4.74 Å². The number of guanidine groups is 1. The molecule has 4 amide bonds. The van der Waals surface area contributed by atoms with Gasteiger partial charge in [0.25, 0.3) is 0 Å². The summed E-state index contributed by atoms with van der Waals surface area (Å²) < 4.78 is 5.35. The van der Waals surface area contributed by atoms with Crippen LogP contribution in [0, 0.1) is 5.92 Å². The zero-order chi connectivity index (χ0) is 22.2. The number of nitrogens with zero attached hydrogens (tertiary/aromatic N) is 3. The van der Waals surface area contributed by atoms with E-state index in [1.807, 2.05) is 46.6 Å². The Hall–Kier alpha value is -2.52. The number of hydrogen-bond acceptors (Lipinski definition) is 5. The lowest BCUT2D eigenvalue weighted by molar-refractivity contribution is -0.124. The molecule has 0 saturated carbocycles. The molecule has 3 N–H and O–H groups in total. The Morgan fingerprint density at radius 1 is 1.34 bits per heavy atom. The van der Waals surface area contributed by atoms with E-state index < -0.39 is 11.7 Å². The van der Waals surface area contributed by atoms with Crippen molar-refractivity contribution in [2.45, 2.75) is 52.7 Å². The van der Waals surface area contributed by atoms with Crippen LogP contribution < -0.4 is 16.0 Å². The van der Waals surface area contributed by atoms with E-state index in [9.17, 15) is 14.4 Å². The van der Waals surface area contributed by atoms with Crippen molar-refractivity contribution in [1.29, 1.82) is 0 Å². The van der Waals surface area contributed by atoms with Gasteiger partial charge in [0.2, 0.25) is 5.91 Å². The van der Waals surface area contributed by atoms with Crippen molar-refractivity contribution in [3.63, 3.8) is 0 Å². The molecule has 0 bridgehead atoms. The van der Waals surface area contributed by atoms with Crippen LogP contribution in [-0.4, -0.2) is 85.7 Å². The molecule has 1 saturated heterocycles. The lowest BCUT2D eigenvalue weighted by Crippen LogP contribution is -2.46. The van der Waals surface area contributed by atoms with Gasteiger partial charge in [-0.3, -0.25) is 14.7 Å². The number of imide groups is 1. The van der Waals surface area contributed by atoms with Gasteiger partial charge in [-0.15, -0.1) is 0 Å². The first-order valence-electron chi connectivity index (χ1n) is 9.94. The molecular formula is C19H36N6O4. The fourth-order valence-corrected chi connectivity index (χ4v) is 2.82. The predicted molar refractivity (Wildman–Crippen MR) is 112 cm³/mol. The Morgan fingerprint density at radius 2 is 2.00 bits per heavy atom. The maximum Gasteiger partial charge on any atom is 0.407 e. The van der Waals surface area contributed by atoms with Crippen molar-refractivity contribution in [1.82, 2.24) is 25.8 Å². The molecule has 0 aromatic heterocycles. The van der Waals surface area contributed by atoms with Crippen LogP contribution in [0.2, 0.25) is 0 Å². The number of ether oxygens (including phenoxy) is 1. The van der Waals surface area contributed by atoms with Crippen molar-refractivity contribution in [3.05, 3.63) is 0 Å². The van der Waals surface area contributed by atoms with E-state index in [0.29, 0.717) is 25.5 Å². The Morgan fingerprint density at radius 3 is 2.48 bits per heavy atom. The van der Waals surface area contributed by atoms with Crippen molar-refractivity contribution in [3.8, 4) is 0 Å². The number of carbonyl (C=O) groups is 3. The quantitative estimate of drug-likeness (QED) is 0.311. The monoisotopic (exact) mass is 412 g/mol. The second-order valence-corrected chi connectivity index (χ2v) is 8.39. The van der Waals surface area contributed by atoms with Gasteiger partial charge < -0.3 is 25.6 Å². The minimum Gasteiger partial charge on any atom is -0.444 e. The summed E-state index contributed by atoms with van der Waals surface area (Å²) in [5.41, 5.74) is -0.540. The highest BCUT2D eigenvalue weighted by atomic mass is 16.6. The van der Waals surface area contributed by atoms with Crippen LogP contribution in [0.25, 0.3) is 0 Å². The van der Waals surface area contributed by atoms with Crippen molar-refractivity contribution < 1.29 is 19.1 Å². The summed E-state index contributed by atoms with van der Waals surface area (Å²) in [4.78, 5) is 42.6. The van der Waals surface area contributed by atoms with E-state index in [1.165, 1.54) is 4.90 Å². The number of amides is 4. The molecule has 1 aliphatic heterocycles. The number of aliphatic imine (C=N–C) groups is 1. The van der Waals surface area contributed by atoms with Gasteiger partial charge >= 0.3 is 12.1 Å². The third-order valence-electron chi connectivity index (χ3n) is 4.41. The molecule has 0 spiro atoms. The molecule has 0 radical (unpaired) electrons. The summed E-state index contributed by atoms with van der Waals surface area (Å²) in [7, 11) is 3.57. The Balaban J connectivity index is 2.48. The summed E-state index contributed by atoms with van der Waals surface area (Å²) in [5, 5.41) is 8.58. The second-order valence-electron chi connectivity index (χ2n) is 8.39. The van der Waals surface area contributed by atoms with Crippen LogP contribution >= 0.6 is 0 Å². The molecule has 10 heteroatoms. The molecule has 1 atom stereocenters. The van der Waals surface area contributed by atoms with Crippen LogP contribution in [0.5, 0.6) is 0 Å². The first kappa shape index (κ1) is 24.5. The van der Waals surface area contributed by atoms with E-state index in [1.54, 1.807) is 7.05 Å². The normalized spacial score (nSPS) is 16.0. The minimum atomic E-state index is -0.540. The minimum absolute atomic E-state index is 0.0451. The number of nitrogens with one attached hydrogen (secondary N) is 3. The van der Waals surface area contributed by atoms with Crippen molar-refractivity contribution in [2.75, 3.05) is 40.3 Å². The lowest BCUT2D eigenvalue weighted by Gasteiger charge is -2.28. The highest BCUT2D eigenvalue weighted by Gasteiger charge is 2.28. The molecule has 1 heterocycles. The zero-order valence-corrected chi connectivity index (χ0v) is 18.7. The Labute approximate surface area is 173 Å². The van der Waals surface area contributed by atoms with Crippen LogP contribution in [0.4, 0.5) is 9.59 Å². The molecule has 166 valence electrons. The van der Waals surface area contributed by atoms with Crippen molar-refractivity contribution >= 4 is 24.0 Å². The molecule has 0 aromatic carbocycles. The molecule has 0 aliphatic carbocycles. The molecule has 1 aliphatic rings. The Kier molecular flexibility index (Phi) is 9.19. The summed E-state index contributed by atoms with van der Waals surface area (Å²) in [6.45, 7) is 11.0. The van der Waals surface area contributed by atoms with E-state index in [0.717, 1.165) is 0 Å². The van der Waals surface area contributed by atoms with Gasteiger partial charge in [-0.2, -0.15) is 0 Å². The van der Waals surface area contributed by atoms with Gasteiger partial charge in [0, 0.05) is 39.8 Å². The zero-order valence-electron chi connectivity index (χ0n) is 18.7. The lowest BCUT2D eigenvalue weighted by atomic mass is 10.0. The highest BCUT2D eigenvalue weighted by molar-refractivity contribution is 6.01. The molecular weight excluding hydrogens is 376 g/mol. The SMILES string of the molecule is CN=C(NCCN1C(=O)CNC1=O)N(C)CCC(NC(=O)OC(C)(C)C)C(C)C. The summed E-state index contributed by atoms with van der Waals surface area (Å²) >= 11 is 0. The summed E-state index contributed by atoms with van der Waals surface area (Å²) in [5.74, 6) is 0.663. The first-order valence-corrected chi connectivity index (χ1v) is 9.94. The summed E-state index contributed by atoms with van der Waals surface area (Å²) in [6, 6.07) is -0.413. The average Bonchev–Trinajstić information content (AvgIpc) is 2.91. The third-order valence-corrected chi connectivity index (χ3v) is 4.41. The van der Waals surface area contributed by atoms with Crippen LogP contribution in [0.15, 0.2) is 4.99 Å². The van der Waals surface area contributed by atoms with E-state index in [-0.39, 0.29) is 37.0 Å². The Bertz CT molecular complexity index is 598. The molecule has 29 heavy (non-hydrogen) atoms. The summed E-state index contributed by atoms with van der Waals surface area (Å²) in [6.07, 6.45) is 0.288. The number of alkyl carbamates (subject to hydrolysis) is 1. The molecule has 1 unspecified atom stereocenters. The van der Waals surface area contributed by atoms with Crippen LogP contribution in [-0.2, 0) is 9.53 Å². The third kappa shape index (κ3) is 8.57. The molecule has 10 nitrogen and oxygen atoms in total. The van der Waals surface area contributed by atoms with Crippen LogP contribution in [0.3, 0.4) is 0 Å². The topological polar surface area (TPSA) is 115 Å².